The third-order valence-electron chi connectivity index (χ3n) is 4.14. The van der Waals surface area contributed by atoms with Crippen LogP contribution in [0, 0.1) is 16.4 Å². The smallest absolute Gasteiger partial charge is 0.229 e. The van der Waals surface area contributed by atoms with Crippen molar-refractivity contribution in [2.75, 3.05) is 16.8 Å². The van der Waals surface area contributed by atoms with Gasteiger partial charge in [-0.2, -0.15) is 0 Å². The van der Waals surface area contributed by atoms with Gasteiger partial charge in [-0.1, -0.05) is 17.7 Å². The predicted molar refractivity (Wildman–Crippen MR) is 104 cm³/mol. The average Bonchev–Trinajstić information content (AvgIpc) is 2.94. The lowest BCUT2D eigenvalue weighted by Gasteiger charge is -2.19. The lowest BCUT2D eigenvalue weighted by Crippen LogP contribution is -2.28. The normalized spacial score (nSPS) is 17.2. The third kappa shape index (κ3) is 3.57. The zero-order chi connectivity index (χ0) is 17.3. The van der Waals surface area contributed by atoms with Gasteiger partial charge in [-0.05, 0) is 71.5 Å². The molecule has 6 heteroatoms. The van der Waals surface area contributed by atoms with Crippen LogP contribution in [-0.2, 0) is 9.59 Å². The van der Waals surface area contributed by atoms with E-state index >= 15 is 0 Å². The number of carbonyl (C=O) groups is 2. The molecule has 124 valence electrons. The van der Waals surface area contributed by atoms with Gasteiger partial charge in [0.1, 0.15) is 0 Å². The molecule has 2 aromatic rings. The summed E-state index contributed by atoms with van der Waals surface area (Å²) in [6.45, 7) is 2.25. The topological polar surface area (TPSA) is 49.4 Å². The van der Waals surface area contributed by atoms with Crippen LogP contribution in [0.15, 0.2) is 42.5 Å². The van der Waals surface area contributed by atoms with Crippen LogP contribution < -0.4 is 10.2 Å². The molecule has 0 radical (unpaired) electrons. The van der Waals surface area contributed by atoms with Gasteiger partial charge in [0, 0.05) is 32.9 Å². The van der Waals surface area contributed by atoms with Crippen molar-refractivity contribution >= 4 is 57.4 Å². The van der Waals surface area contributed by atoms with Gasteiger partial charge in [-0.25, -0.2) is 0 Å². The number of benzene rings is 2. The minimum atomic E-state index is -0.366. The van der Waals surface area contributed by atoms with Crippen LogP contribution >= 0.6 is 34.2 Å². The Morgan fingerprint density at radius 3 is 2.67 bits per heavy atom. The molecule has 2 amide bonds. The molecule has 1 aliphatic rings. The number of hydrogen-bond donors (Lipinski definition) is 1. The van der Waals surface area contributed by atoms with Gasteiger partial charge in [0.2, 0.25) is 11.8 Å². The van der Waals surface area contributed by atoms with Crippen molar-refractivity contribution in [3.05, 3.63) is 56.6 Å². The highest BCUT2D eigenvalue weighted by molar-refractivity contribution is 14.1. The van der Waals surface area contributed by atoms with Gasteiger partial charge < -0.3 is 10.2 Å². The van der Waals surface area contributed by atoms with E-state index in [2.05, 4.69) is 27.9 Å². The van der Waals surface area contributed by atoms with E-state index in [9.17, 15) is 9.59 Å². The van der Waals surface area contributed by atoms with Crippen LogP contribution in [0.5, 0.6) is 0 Å². The first-order valence-corrected chi connectivity index (χ1v) is 9.03. The molecule has 0 spiro atoms. The lowest BCUT2D eigenvalue weighted by molar-refractivity contribution is -0.122. The summed E-state index contributed by atoms with van der Waals surface area (Å²) in [6.07, 6.45) is 0.210. The van der Waals surface area contributed by atoms with E-state index in [4.69, 9.17) is 11.6 Å². The molecule has 1 aliphatic heterocycles. The van der Waals surface area contributed by atoms with Crippen molar-refractivity contribution in [1.29, 1.82) is 0 Å². The summed E-state index contributed by atoms with van der Waals surface area (Å²) in [7, 11) is 0. The van der Waals surface area contributed by atoms with Crippen molar-refractivity contribution in [2.45, 2.75) is 13.3 Å². The zero-order valence-corrected chi connectivity index (χ0v) is 16.0. The molecule has 1 saturated heterocycles. The molecule has 1 fully saturated rings. The molecule has 24 heavy (non-hydrogen) atoms. The number of carbonyl (C=O) groups excluding carboxylic acids is 2. The van der Waals surface area contributed by atoms with E-state index in [1.165, 1.54) is 0 Å². The minimum Gasteiger partial charge on any atom is -0.326 e. The standard InChI is InChI=1S/C18H16ClIN2O2/c1-11-15(19)3-2-4-16(11)22-10-12(9-17(22)23)18(24)21-14-7-5-13(20)6-8-14/h2-8,12H,9-10H2,1H3,(H,21,24)/t12-/m0/s1. The Labute approximate surface area is 159 Å². The Balaban J connectivity index is 1.73. The Morgan fingerprint density at radius 1 is 1.25 bits per heavy atom. The average molecular weight is 455 g/mol. The second-order valence-electron chi connectivity index (χ2n) is 5.79. The van der Waals surface area contributed by atoms with E-state index in [1.807, 2.05) is 43.3 Å². The van der Waals surface area contributed by atoms with Gasteiger partial charge >= 0.3 is 0 Å². The molecule has 4 nitrogen and oxygen atoms in total. The van der Waals surface area contributed by atoms with Gasteiger partial charge in [-0.15, -0.1) is 0 Å². The van der Waals surface area contributed by atoms with Crippen LogP contribution in [0.25, 0.3) is 0 Å². The van der Waals surface area contributed by atoms with Crippen molar-refractivity contribution in [2.24, 2.45) is 5.92 Å². The summed E-state index contributed by atoms with van der Waals surface area (Å²) in [5.74, 6) is -0.551. The molecule has 0 saturated carbocycles. The van der Waals surface area contributed by atoms with Crippen LogP contribution in [-0.4, -0.2) is 18.4 Å². The van der Waals surface area contributed by atoms with Crippen molar-refractivity contribution in [3.63, 3.8) is 0 Å². The molecule has 0 unspecified atom stereocenters. The number of nitrogens with one attached hydrogen (secondary N) is 1. The first kappa shape index (κ1) is 17.2. The maximum absolute atomic E-state index is 12.5. The third-order valence-corrected chi connectivity index (χ3v) is 5.27. The summed E-state index contributed by atoms with van der Waals surface area (Å²) in [6, 6.07) is 13.0. The van der Waals surface area contributed by atoms with Crippen LogP contribution in [0.3, 0.4) is 0 Å². The van der Waals surface area contributed by atoms with E-state index < -0.39 is 0 Å². The van der Waals surface area contributed by atoms with Crippen molar-refractivity contribution < 1.29 is 9.59 Å². The summed E-state index contributed by atoms with van der Waals surface area (Å²) < 4.78 is 1.10. The number of anilines is 2. The fraction of sp³-hybridized carbons (Fsp3) is 0.222. The summed E-state index contributed by atoms with van der Waals surface area (Å²) in [4.78, 5) is 26.5. The Morgan fingerprint density at radius 2 is 1.96 bits per heavy atom. The largest absolute Gasteiger partial charge is 0.326 e. The monoisotopic (exact) mass is 454 g/mol. The van der Waals surface area contributed by atoms with E-state index in [0.29, 0.717) is 11.6 Å². The van der Waals surface area contributed by atoms with Crippen molar-refractivity contribution in [3.8, 4) is 0 Å². The highest BCUT2D eigenvalue weighted by Gasteiger charge is 2.35. The molecule has 0 aliphatic carbocycles. The van der Waals surface area contributed by atoms with E-state index in [0.717, 1.165) is 20.5 Å². The minimum absolute atomic E-state index is 0.0527. The fourth-order valence-electron chi connectivity index (χ4n) is 2.78. The molecule has 1 heterocycles. The molecule has 1 N–H and O–H groups in total. The molecule has 0 aromatic heterocycles. The van der Waals surface area contributed by atoms with Gasteiger partial charge in [-0.3, -0.25) is 9.59 Å². The van der Waals surface area contributed by atoms with Gasteiger partial charge in [0.15, 0.2) is 0 Å². The maximum Gasteiger partial charge on any atom is 0.229 e. The van der Waals surface area contributed by atoms with Gasteiger partial charge in [0.05, 0.1) is 5.92 Å². The molecule has 0 bridgehead atoms. The van der Waals surface area contributed by atoms with Crippen molar-refractivity contribution in [1.82, 2.24) is 0 Å². The summed E-state index contributed by atoms with van der Waals surface area (Å²) >= 11 is 8.35. The first-order chi connectivity index (χ1) is 11.5. The van der Waals surface area contributed by atoms with Crippen LogP contribution in [0.2, 0.25) is 5.02 Å². The lowest BCUT2D eigenvalue weighted by atomic mass is 10.1. The summed E-state index contributed by atoms with van der Waals surface area (Å²) in [5, 5.41) is 3.50. The Bertz CT molecular complexity index is 792. The molecule has 1 atom stereocenters. The summed E-state index contributed by atoms with van der Waals surface area (Å²) in [5.41, 5.74) is 2.37. The van der Waals surface area contributed by atoms with E-state index in [-0.39, 0.29) is 24.2 Å². The predicted octanol–water partition coefficient (Wildman–Crippen LogP) is 4.24. The SMILES string of the molecule is Cc1c(Cl)cccc1N1C[C@@H](C(=O)Nc2ccc(I)cc2)CC1=O. The molecule has 3 rings (SSSR count). The molecular formula is C18H16ClIN2O2. The Kier molecular flexibility index (Phi) is 5.10. The maximum atomic E-state index is 12.5. The molecular weight excluding hydrogens is 439 g/mol. The zero-order valence-electron chi connectivity index (χ0n) is 13.1. The first-order valence-electron chi connectivity index (χ1n) is 7.57. The number of nitrogens with zero attached hydrogens (tertiary/aromatic N) is 1. The molecule has 2 aromatic carbocycles. The number of halogens is 2. The van der Waals surface area contributed by atoms with E-state index in [1.54, 1.807) is 11.0 Å². The second-order valence-corrected chi connectivity index (χ2v) is 7.44. The number of hydrogen-bond acceptors (Lipinski definition) is 2. The highest BCUT2D eigenvalue weighted by Crippen LogP contribution is 2.31. The Hall–Kier alpha value is -1.60. The number of rotatable bonds is 3. The quantitative estimate of drug-likeness (QED) is 0.705. The van der Waals surface area contributed by atoms with Crippen LogP contribution in [0.1, 0.15) is 12.0 Å². The highest BCUT2D eigenvalue weighted by atomic mass is 127. The van der Waals surface area contributed by atoms with Gasteiger partial charge in [0.25, 0.3) is 0 Å². The fourth-order valence-corrected chi connectivity index (χ4v) is 3.31. The van der Waals surface area contributed by atoms with Crippen LogP contribution in [0.4, 0.5) is 11.4 Å². The number of amides is 2. The second kappa shape index (κ2) is 7.11.